The van der Waals surface area contributed by atoms with E-state index in [-0.39, 0.29) is 5.91 Å². The highest BCUT2D eigenvalue weighted by atomic mass is 16.5. The quantitative estimate of drug-likeness (QED) is 0.633. The van der Waals surface area contributed by atoms with Crippen LogP contribution in [0.2, 0.25) is 0 Å². The average Bonchev–Trinajstić information content (AvgIpc) is 2.59. The van der Waals surface area contributed by atoms with Gasteiger partial charge in [0, 0.05) is 25.0 Å². The lowest BCUT2D eigenvalue weighted by atomic mass is 9.86. The summed E-state index contributed by atoms with van der Waals surface area (Å²) < 4.78 is 10.4. The molecule has 1 aliphatic heterocycles. The van der Waals surface area contributed by atoms with Crippen molar-refractivity contribution in [3.05, 3.63) is 23.8 Å². The maximum Gasteiger partial charge on any atom is 0.237 e. The van der Waals surface area contributed by atoms with Crippen LogP contribution in [0.25, 0.3) is 0 Å². The fourth-order valence-electron chi connectivity index (χ4n) is 2.47. The number of anilines is 2. The Hall–Kier alpha value is -1.59. The second-order valence-electron chi connectivity index (χ2n) is 5.46. The summed E-state index contributed by atoms with van der Waals surface area (Å²) in [6.07, 6.45) is 0. The molecule has 1 aliphatic rings. The third-order valence-corrected chi connectivity index (χ3v) is 3.66. The number of hydrogen-bond acceptors (Lipinski definition) is 4. The molecule has 2 N–H and O–H groups in total. The number of hydrogen-bond donors (Lipinski definition) is 1. The van der Waals surface area contributed by atoms with Crippen LogP contribution in [0.5, 0.6) is 0 Å². The van der Waals surface area contributed by atoms with Crippen molar-refractivity contribution in [1.82, 2.24) is 0 Å². The number of nitrogens with two attached hydrogens (primary N) is 1. The number of fused-ring (bicyclic) bond motifs is 1. The molecule has 2 rings (SSSR count). The summed E-state index contributed by atoms with van der Waals surface area (Å²) in [5.74, 6) is 0.0911. The van der Waals surface area contributed by atoms with Crippen molar-refractivity contribution in [1.29, 1.82) is 0 Å². The average molecular weight is 278 g/mol. The van der Waals surface area contributed by atoms with E-state index in [0.29, 0.717) is 32.1 Å². The lowest BCUT2D eigenvalue weighted by Gasteiger charge is -2.20. The number of benzene rings is 1. The first-order valence-corrected chi connectivity index (χ1v) is 6.77. The van der Waals surface area contributed by atoms with Gasteiger partial charge in [-0.15, -0.1) is 0 Å². The summed E-state index contributed by atoms with van der Waals surface area (Å²) >= 11 is 0. The van der Waals surface area contributed by atoms with E-state index in [4.69, 9.17) is 15.2 Å². The predicted molar refractivity (Wildman–Crippen MR) is 78.9 cm³/mol. The van der Waals surface area contributed by atoms with Gasteiger partial charge in [0.15, 0.2) is 0 Å². The van der Waals surface area contributed by atoms with Crippen LogP contribution >= 0.6 is 0 Å². The number of nitrogen functional groups attached to an aromatic ring is 1. The van der Waals surface area contributed by atoms with Gasteiger partial charge in [0.1, 0.15) is 0 Å². The number of ether oxygens (including phenoxy) is 2. The topological polar surface area (TPSA) is 64.8 Å². The van der Waals surface area contributed by atoms with Gasteiger partial charge in [0.2, 0.25) is 5.91 Å². The van der Waals surface area contributed by atoms with Gasteiger partial charge in [0.05, 0.1) is 25.2 Å². The Kier molecular flexibility index (Phi) is 4.30. The van der Waals surface area contributed by atoms with Crippen molar-refractivity contribution >= 4 is 17.3 Å². The van der Waals surface area contributed by atoms with Gasteiger partial charge >= 0.3 is 0 Å². The highest BCUT2D eigenvalue weighted by Crippen LogP contribution is 2.42. The smallest absolute Gasteiger partial charge is 0.237 e. The lowest BCUT2D eigenvalue weighted by Crippen LogP contribution is -2.38. The fourth-order valence-corrected chi connectivity index (χ4v) is 2.47. The molecule has 1 aromatic carbocycles. The Labute approximate surface area is 119 Å². The molecule has 1 aromatic rings. The Bertz CT molecular complexity index is 500. The zero-order valence-electron chi connectivity index (χ0n) is 12.3. The maximum atomic E-state index is 12.5. The second kappa shape index (κ2) is 5.81. The molecule has 0 unspecified atom stereocenters. The molecule has 1 amide bonds. The molecule has 0 aromatic heterocycles. The van der Waals surface area contributed by atoms with Crippen LogP contribution in [0.3, 0.4) is 0 Å². The molecule has 0 radical (unpaired) electrons. The first kappa shape index (κ1) is 14.8. The number of methoxy groups -OCH3 is 1. The van der Waals surface area contributed by atoms with Crippen LogP contribution in [0.4, 0.5) is 11.4 Å². The van der Waals surface area contributed by atoms with Gasteiger partial charge in [-0.05, 0) is 37.6 Å². The zero-order chi connectivity index (χ0) is 14.8. The van der Waals surface area contributed by atoms with Crippen LogP contribution < -0.4 is 10.6 Å². The number of rotatable bonds is 6. The minimum atomic E-state index is -0.531. The number of carbonyl (C=O) groups excluding carboxylic acids is 1. The fraction of sp³-hybridized carbons (Fsp3) is 0.533. The van der Waals surface area contributed by atoms with E-state index in [1.807, 2.05) is 32.0 Å². The lowest BCUT2D eigenvalue weighted by molar-refractivity contribution is -0.122. The molecule has 0 aliphatic carbocycles. The highest BCUT2D eigenvalue weighted by molar-refractivity contribution is 6.07. The first-order valence-electron chi connectivity index (χ1n) is 6.77. The summed E-state index contributed by atoms with van der Waals surface area (Å²) in [6, 6.07) is 5.62. The molecule has 20 heavy (non-hydrogen) atoms. The first-order chi connectivity index (χ1) is 9.48. The van der Waals surface area contributed by atoms with E-state index in [1.165, 1.54) is 0 Å². The second-order valence-corrected chi connectivity index (χ2v) is 5.46. The number of nitrogens with zero attached hydrogens (tertiary/aromatic N) is 1. The predicted octanol–water partition coefficient (Wildman–Crippen LogP) is 1.56. The molecule has 110 valence electrons. The Morgan fingerprint density at radius 2 is 2.00 bits per heavy atom. The Balaban J connectivity index is 2.10. The van der Waals surface area contributed by atoms with Crippen LogP contribution in [0.15, 0.2) is 18.2 Å². The van der Waals surface area contributed by atoms with Gasteiger partial charge in [-0.25, -0.2) is 0 Å². The normalized spacial score (nSPS) is 16.6. The maximum absolute atomic E-state index is 12.5. The molecular weight excluding hydrogens is 256 g/mol. The molecule has 1 heterocycles. The standard InChI is InChI=1S/C15H22N2O3/c1-15(2)12-10-11(16)4-5-13(12)17(14(15)18)6-7-20-9-8-19-3/h4-5,10H,6-9,16H2,1-3H3. The van der Waals surface area contributed by atoms with E-state index >= 15 is 0 Å². The van der Waals surface area contributed by atoms with E-state index < -0.39 is 5.41 Å². The van der Waals surface area contributed by atoms with Crippen LogP contribution in [0, 0.1) is 0 Å². The SMILES string of the molecule is COCCOCCN1C(=O)C(C)(C)c2cc(N)ccc21. The van der Waals surface area contributed by atoms with E-state index in [1.54, 1.807) is 12.0 Å². The van der Waals surface area contributed by atoms with Crippen molar-refractivity contribution < 1.29 is 14.3 Å². The molecule has 0 saturated heterocycles. The highest BCUT2D eigenvalue weighted by Gasteiger charge is 2.43. The summed E-state index contributed by atoms with van der Waals surface area (Å²) in [7, 11) is 1.64. The number of amides is 1. The summed E-state index contributed by atoms with van der Waals surface area (Å²) in [6.45, 7) is 6.00. The summed E-state index contributed by atoms with van der Waals surface area (Å²) in [4.78, 5) is 14.3. The van der Waals surface area contributed by atoms with Crippen molar-refractivity contribution in [3.8, 4) is 0 Å². The van der Waals surface area contributed by atoms with Crippen molar-refractivity contribution in [2.45, 2.75) is 19.3 Å². The van der Waals surface area contributed by atoms with Gasteiger partial charge in [-0.3, -0.25) is 4.79 Å². The van der Waals surface area contributed by atoms with E-state index in [0.717, 1.165) is 11.3 Å². The minimum absolute atomic E-state index is 0.0911. The van der Waals surface area contributed by atoms with Crippen LogP contribution in [-0.4, -0.2) is 39.4 Å². The molecule has 0 atom stereocenters. The monoisotopic (exact) mass is 278 g/mol. The van der Waals surface area contributed by atoms with Gasteiger partial charge in [0.25, 0.3) is 0 Å². The Morgan fingerprint density at radius 1 is 1.25 bits per heavy atom. The van der Waals surface area contributed by atoms with Crippen molar-refractivity contribution in [3.63, 3.8) is 0 Å². The van der Waals surface area contributed by atoms with Crippen molar-refractivity contribution in [2.24, 2.45) is 0 Å². The summed E-state index contributed by atoms with van der Waals surface area (Å²) in [5, 5.41) is 0. The molecule has 5 heteroatoms. The molecule has 5 nitrogen and oxygen atoms in total. The minimum Gasteiger partial charge on any atom is -0.399 e. The van der Waals surface area contributed by atoms with Gasteiger partial charge in [-0.1, -0.05) is 0 Å². The van der Waals surface area contributed by atoms with E-state index in [9.17, 15) is 4.79 Å². The van der Waals surface area contributed by atoms with Crippen LogP contribution in [0.1, 0.15) is 19.4 Å². The third kappa shape index (κ3) is 2.64. The molecular formula is C15H22N2O3. The van der Waals surface area contributed by atoms with Gasteiger partial charge in [-0.2, -0.15) is 0 Å². The molecule has 0 spiro atoms. The summed E-state index contributed by atoms with van der Waals surface area (Å²) in [5.41, 5.74) is 7.90. The zero-order valence-corrected chi connectivity index (χ0v) is 12.3. The molecule has 0 bridgehead atoms. The third-order valence-electron chi connectivity index (χ3n) is 3.66. The number of carbonyl (C=O) groups is 1. The van der Waals surface area contributed by atoms with Crippen LogP contribution in [-0.2, 0) is 19.7 Å². The molecule has 0 fully saturated rings. The Morgan fingerprint density at radius 3 is 2.70 bits per heavy atom. The van der Waals surface area contributed by atoms with E-state index in [2.05, 4.69) is 0 Å². The van der Waals surface area contributed by atoms with Gasteiger partial charge < -0.3 is 20.1 Å². The van der Waals surface area contributed by atoms with Crippen molar-refractivity contribution in [2.75, 3.05) is 44.1 Å². The molecule has 0 saturated carbocycles. The largest absolute Gasteiger partial charge is 0.399 e.